The van der Waals surface area contributed by atoms with Gasteiger partial charge in [-0.25, -0.2) is 4.79 Å². The van der Waals surface area contributed by atoms with Crippen LogP contribution >= 0.6 is 0 Å². The lowest BCUT2D eigenvalue weighted by Gasteiger charge is -2.24. The molecule has 0 spiro atoms. The second kappa shape index (κ2) is 6.73. The molecule has 1 unspecified atom stereocenters. The quantitative estimate of drug-likeness (QED) is 0.643. The van der Waals surface area contributed by atoms with Gasteiger partial charge in [0.05, 0.1) is 29.3 Å². The Bertz CT molecular complexity index is 1150. The minimum Gasteiger partial charge on any atom is -0.491 e. The third kappa shape index (κ3) is 3.11. The van der Waals surface area contributed by atoms with Gasteiger partial charge in [0.15, 0.2) is 0 Å². The number of hydrogen-bond donors (Lipinski definition) is 3. The molecule has 1 aliphatic rings. The van der Waals surface area contributed by atoms with Crippen LogP contribution in [0.4, 0.5) is 5.69 Å². The molecular formula is C19H17N3O5. The number of carbonyl (C=O) groups is 1. The van der Waals surface area contributed by atoms with Crippen LogP contribution in [0.3, 0.4) is 0 Å². The van der Waals surface area contributed by atoms with Crippen molar-refractivity contribution in [1.29, 1.82) is 0 Å². The van der Waals surface area contributed by atoms with Gasteiger partial charge in [-0.3, -0.25) is 14.2 Å². The summed E-state index contributed by atoms with van der Waals surface area (Å²) in [5.74, 6) is -0.140. The van der Waals surface area contributed by atoms with Crippen LogP contribution in [-0.4, -0.2) is 27.2 Å². The van der Waals surface area contributed by atoms with Gasteiger partial charge in [-0.05, 0) is 18.2 Å². The number of anilines is 1. The average Bonchev–Trinajstić information content (AvgIpc) is 2.66. The van der Waals surface area contributed by atoms with Crippen molar-refractivity contribution in [3.05, 3.63) is 68.9 Å². The van der Waals surface area contributed by atoms with Crippen molar-refractivity contribution in [3.8, 4) is 5.75 Å². The molecule has 1 aromatic heterocycles. The van der Waals surface area contributed by atoms with Gasteiger partial charge in [-0.2, -0.15) is 0 Å². The first-order valence-corrected chi connectivity index (χ1v) is 8.50. The van der Waals surface area contributed by atoms with Gasteiger partial charge in [0.2, 0.25) is 5.91 Å². The van der Waals surface area contributed by atoms with Crippen LogP contribution in [0.2, 0.25) is 0 Å². The van der Waals surface area contributed by atoms with Crippen LogP contribution < -0.4 is 21.3 Å². The molecular weight excluding hydrogens is 350 g/mol. The lowest BCUT2D eigenvalue weighted by Crippen LogP contribution is -2.38. The number of H-pyrrole nitrogens is 1. The van der Waals surface area contributed by atoms with Crippen LogP contribution in [0.25, 0.3) is 10.9 Å². The predicted molar refractivity (Wildman–Crippen MR) is 99.0 cm³/mol. The molecule has 3 aromatic rings. The van der Waals surface area contributed by atoms with Crippen LogP contribution in [-0.2, 0) is 11.3 Å². The molecule has 2 aromatic carbocycles. The number of benzene rings is 2. The van der Waals surface area contributed by atoms with Crippen molar-refractivity contribution in [1.82, 2.24) is 9.55 Å². The molecule has 3 N–H and O–H groups in total. The number of hydrogen-bond acceptors (Lipinski definition) is 5. The molecule has 8 nitrogen and oxygen atoms in total. The largest absolute Gasteiger partial charge is 0.491 e. The summed E-state index contributed by atoms with van der Waals surface area (Å²) < 4.78 is 6.42. The van der Waals surface area contributed by atoms with Crippen LogP contribution in [0.15, 0.2) is 52.1 Å². The fourth-order valence-corrected chi connectivity index (χ4v) is 3.18. The summed E-state index contributed by atoms with van der Waals surface area (Å²) in [6, 6.07) is 11.7. The summed E-state index contributed by atoms with van der Waals surface area (Å²) in [7, 11) is 0. The maximum Gasteiger partial charge on any atom is 0.329 e. The number of aromatic amines is 1. The zero-order valence-corrected chi connectivity index (χ0v) is 14.3. The molecule has 0 radical (unpaired) electrons. The van der Waals surface area contributed by atoms with E-state index in [0.717, 1.165) is 4.57 Å². The van der Waals surface area contributed by atoms with Gasteiger partial charge in [0.25, 0.3) is 5.56 Å². The highest BCUT2D eigenvalue weighted by molar-refractivity contribution is 5.92. The Morgan fingerprint density at radius 3 is 2.89 bits per heavy atom. The molecule has 0 aliphatic carbocycles. The van der Waals surface area contributed by atoms with E-state index in [9.17, 15) is 19.5 Å². The molecule has 0 bridgehead atoms. The number of carbonyl (C=O) groups excluding carboxylic acids is 1. The maximum atomic E-state index is 12.5. The van der Waals surface area contributed by atoms with Gasteiger partial charge in [0.1, 0.15) is 12.3 Å². The molecule has 8 heteroatoms. The number of amides is 1. The number of fused-ring (bicyclic) bond motifs is 2. The number of nitrogens with zero attached hydrogens (tertiary/aromatic N) is 1. The first kappa shape index (κ1) is 17.0. The Balaban J connectivity index is 1.63. The summed E-state index contributed by atoms with van der Waals surface area (Å²) >= 11 is 0. The first-order valence-electron chi connectivity index (χ1n) is 8.50. The fourth-order valence-electron chi connectivity index (χ4n) is 3.18. The average molecular weight is 367 g/mol. The van der Waals surface area contributed by atoms with E-state index in [0.29, 0.717) is 40.9 Å². The Morgan fingerprint density at radius 2 is 2.04 bits per heavy atom. The molecule has 0 saturated heterocycles. The van der Waals surface area contributed by atoms with Gasteiger partial charge in [0, 0.05) is 12.0 Å². The number of rotatable bonds is 3. The number of ether oxygens (including phenoxy) is 1. The molecule has 27 heavy (non-hydrogen) atoms. The molecule has 2 heterocycles. The molecule has 1 amide bonds. The van der Waals surface area contributed by atoms with Crippen molar-refractivity contribution in [2.45, 2.75) is 19.1 Å². The minimum atomic E-state index is -0.657. The highest BCUT2D eigenvalue weighted by atomic mass is 16.5. The predicted octanol–water partition coefficient (Wildman–Crippen LogP) is 1.14. The zero-order chi connectivity index (χ0) is 19.0. The molecule has 4 rings (SSSR count). The van der Waals surface area contributed by atoms with Crippen LogP contribution in [0.5, 0.6) is 5.75 Å². The fraction of sp³-hybridized carbons (Fsp3) is 0.211. The van der Waals surface area contributed by atoms with E-state index in [1.807, 2.05) is 0 Å². The second-order valence-electron chi connectivity index (χ2n) is 6.29. The van der Waals surface area contributed by atoms with E-state index in [1.54, 1.807) is 42.5 Å². The van der Waals surface area contributed by atoms with Gasteiger partial charge < -0.3 is 20.1 Å². The molecule has 1 atom stereocenters. The molecule has 0 saturated carbocycles. The van der Waals surface area contributed by atoms with E-state index in [1.165, 1.54) is 0 Å². The summed E-state index contributed by atoms with van der Waals surface area (Å²) in [4.78, 5) is 39.7. The summed E-state index contributed by atoms with van der Waals surface area (Å²) in [6.45, 7) is -0.101. The number of aliphatic hydroxyl groups excluding tert-OH is 1. The van der Waals surface area contributed by atoms with E-state index in [2.05, 4.69) is 10.3 Å². The van der Waals surface area contributed by atoms with Crippen molar-refractivity contribution < 1.29 is 14.6 Å². The highest BCUT2D eigenvalue weighted by Gasteiger charge is 2.22. The van der Waals surface area contributed by atoms with E-state index in [4.69, 9.17) is 4.74 Å². The zero-order valence-electron chi connectivity index (χ0n) is 14.3. The standard InChI is InChI=1S/C19H17N3O5/c23-15-8-9-27-17-12(15)5-3-7-14(17)20-16(24)10-22-18(25)11-4-1-2-6-13(11)21-19(22)26/h1-7,15,23H,8-10H2,(H,20,24)(H,21,26). The first-order chi connectivity index (χ1) is 13.0. The van der Waals surface area contributed by atoms with Crippen LogP contribution in [0, 0.1) is 0 Å². The highest BCUT2D eigenvalue weighted by Crippen LogP contribution is 2.37. The normalized spacial score (nSPS) is 15.8. The lowest BCUT2D eigenvalue weighted by atomic mass is 10.0. The lowest BCUT2D eigenvalue weighted by molar-refractivity contribution is -0.116. The monoisotopic (exact) mass is 367 g/mol. The summed E-state index contributed by atoms with van der Waals surface area (Å²) in [5, 5.41) is 13.0. The Hall–Kier alpha value is -3.39. The summed E-state index contributed by atoms with van der Waals surface area (Å²) in [6.07, 6.45) is -0.178. The molecule has 138 valence electrons. The topological polar surface area (TPSA) is 113 Å². The van der Waals surface area contributed by atoms with Crippen molar-refractivity contribution in [2.75, 3.05) is 11.9 Å². The molecule has 0 fully saturated rings. The Morgan fingerprint density at radius 1 is 1.22 bits per heavy atom. The second-order valence-corrected chi connectivity index (χ2v) is 6.29. The van der Waals surface area contributed by atoms with Crippen molar-refractivity contribution in [2.24, 2.45) is 0 Å². The number of aliphatic hydroxyl groups is 1. The van der Waals surface area contributed by atoms with E-state index in [-0.39, 0.29) is 0 Å². The Kier molecular flexibility index (Phi) is 4.25. The van der Waals surface area contributed by atoms with Crippen LogP contribution in [0.1, 0.15) is 18.1 Å². The number of aromatic nitrogens is 2. The third-order valence-corrected chi connectivity index (χ3v) is 4.51. The third-order valence-electron chi connectivity index (χ3n) is 4.51. The number of para-hydroxylation sites is 2. The van der Waals surface area contributed by atoms with Crippen molar-refractivity contribution in [3.63, 3.8) is 0 Å². The molecule has 1 aliphatic heterocycles. The van der Waals surface area contributed by atoms with Gasteiger partial charge in [-0.1, -0.05) is 24.3 Å². The minimum absolute atomic E-state index is 0.327. The summed E-state index contributed by atoms with van der Waals surface area (Å²) in [5.41, 5.74) is 0.215. The Labute approximate surface area is 153 Å². The van der Waals surface area contributed by atoms with E-state index < -0.39 is 29.8 Å². The smallest absolute Gasteiger partial charge is 0.329 e. The van der Waals surface area contributed by atoms with Gasteiger partial charge in [-0.15, -0.1) is 0 Å². The van der Waals surface area contributed by atoms with Gasteiger partial charge >= 0.3 is 5.69 Å². The SMILES string of the molecule is O=C(Cn1c(=O)[nH]c2ccccc2c1=O)Nc1cccc2c1OCCC2O. The maximum absolute atomic E-state index is 12.5. The van der Waals surface area contributed by atoms with E-state index >= 15 is 0 Å². The van der Waals surface area contributed by atoms with Crippen molar-refractivity contribution >= 4 is 22.5 Å². The number of nitrogens with one attached hydrogen (secondary N) is 2.